The van der Waals surface area contributed by atoms with Crippen LogP contribution in [0.5, 0.6) is 0 Å². The minimum Gasteiger partial charge on any atom is -0.327 e. The molecule has 2 aliphatic heterocycles. The van der Waals surface area contributed by atoms with Crippen LogP contribution in [-0.4, -0.2) is 30.6 Å². The number of nitrogens with two attached hydrogens (primary N) is 1. The van der Waals surface area contributed by atoms with Gasteiger partial charge in [0.2, 0.25) is 0 Å². The molecule has 3 aliphatic rings. The van der Waals surface area contributed by atoms with Gasteiger partial charge in [-0.15, -0.1) is 0 Å². The van der Waals surface area contributed by atoms with Crippen molar-refractivity contribution in [2.45, 2.75) is 32.2 Å². The summed E-state index contributed by atoms with van der Waals surface area (Å²) in [4.78, 5) is 2.60. The van der Waals surface area contributed by atoms with Crippen LogP contribution in [-0.2, 0) is 0 Å². The fourth-order valence-electron chi connectivity index (χ4n) is 2.59. The molecule has 2 heteroatoms. The molecular formula is C10H20N2. The van der Waals surface area contributed by atoms with Crippen LogP contribution < -0.4 is 5.73 Å². The average molecular weight is 168 g/mol. The van der Waals surface area contributed by atoms with Crippen LogP contribution >= 0.6 is 0 Å². The second-order valence-corrected chi connectivity index (χ2v) is 4.45. The molecule has 0 radical (unpaired) electrons. The van der Waals surface area contributed by atoms with E-state index in [1.54, 1.807) is 0 Å². The summed E-state index contributed by atoms with van der Waals surface area (Å²) in [5.41, 5.74) is 5.99. The summed E-state index contributed by atoms with van der Waals surface area (Å²) in [6.07, 6.45) is 4.08. The van der Waals surface area contributed by atoms with Crippen LogP contribution in [0, 0.1) is 11.8 Å². The minimum absolute atomic E-state index is 0.544. The number of piperidine rings is 2. The molecular weight excluding hydrogens is 148 g/mol. The predicted octanol–water partition coefficient (Wildman–Crippen LogP) is 1.07. The molecule has 2 heterocycles. The van der Waals surface area contributed by atoms with Crippen LogP contribution in [0.3, 0.4) is 0 Å². The van der Waals surface area contributed by atoms with Gasteiger partial charge in [0.15, 0.2) is 0 Å². The number of hydrogen-bond acceptors (Lipinski definition) is 2. The maximum atomic E-state index is 5.99. The highest BCUT2D eigenvalue weighted by atomic mass is 15.2. The number of hydrogen-bond donors (Lipinski definition) is 1. The molecule has 0 aromatic rings. The van der Waals surface area contributed by atoms with Gasteiger partial charge in [-0.1, -0.05) is 13.3 Å². The molecule has 3 rings (SSSR count). The lowest BCUT2D eigenvalue weighted by Crippen LogP contribution is -2.61. The van der Waals surface area contributed by atoms with E-state index in [4.69, 9.17) is 5.73 Å². The normalized spacial score (nSPS) is 41.0. The summed E-state index contributed by atoms with van der Waals surface area (Å²) < 4.78 is 0. The first-order valence-corrected chi connectivity index (χ1v) is 5.29. The van der Waals surface area contributed by atoms with Gasteiger partial charge in [-0.25, -0.2) is 0 Å². The number of rotatable bonds is 3. The third-order valence-corrected chi connectivity index (χ3v) is 3.51. The van der Waals surface area contributed by atoms with Crippen molar-refractivity contribution in [2.24, 2.45) is 17.6 Å². The Hall–Kier alpha value is -0.0800. The minimum atomic E-state index is 0.544. The maximum absolute atomic E-state index is 5.99. The van der Waals surface area contributed by atoms with E-state index < -0.39 is 0 Å². The fourth-order valence-corrected chi connectivity index (χ4v) is 2.59. The van der Waals surface area contributed by atoms with Gasteiger partial charge in [-0.3, -0.25) is 0 Å². The lowest BCUT2D eigenvalue weighted by atomic mass is 9.67. The zero-order valence-corrected chi connectivity index (χ0v) is 8.00. The van der Waals surface area contributed by atoms with E-state index >= 15 is 0 Å². The number of nitrogens with zero attached hydrogens (tertiary/aromatic N) is 1. The second-order valence-electron chi connectivity index (χ2n) is 4.45. The van der Waals surface area contributed by atoms with Gasteiger partial charge >= 0.3 is 0 Å². The predicted molar refractivity (Wildman–Crippen MR) is 50.9 cm³/mol. The van der Waals surface area contributed by atoms with Crippen molar-refractivity contribution in [2.75, 3.05) is 19.6 Å². The zero-order chi connectivity index (χ0) is 8.55. The Morgan fingerprint density at radius 1 is 1.33 bits per heavy atom. The van der Waals surface area contributed by atoms with Crippen LogP contribution in [0.25, 0.3) is 0 Å². The SMILES string of the molecule is CCCCN1C[C@@H]2C[C@@H](C1)C2N. The van der Waals surface area contributed by atoms with E-state index in [0.717, 1.165) is 11.8 Å². The summed E-state index contributed by atoms with van der Waals surface area (Å²) >= 11 is 0. The molecule has 70 valence electrons. The van der Waals surface area contributed by atoms with Crippen molar-refractivity contribution < 1.29 is 0 Å². The van der Waals surface area contributed by atoms with Gasteiger partial charge < -0.3 is 10.6 Å². The van der Waals surface area contributed by atoms with Crippen molar-refractivity contribution in [1.29, 1.82) is 0 Å². The van der Waals surface area contributed by atoms with Crippen molar-refractivity contribution >= 4 is 0 Å². The van der Waals surface area contributed by atoms with Crippen LogP contribution in [0.2, 0.25) is 0 Å². The van der Waals surface area contributed by atoms with Crippen LogP contribution in [0.4, 0.5) is 0 Å². The van der Waals surface area contributed by atoms with Gasteiger partial charge in [0, 0.05) is 19.1 Å². The Morgan fingerprint density at radius 3 is 2.50 bits per heavy atom. The van der Waals surface area contributed by atoms with E-state index in [1.165, 1.54) is 38.9 Å². The quantitative estimate of drug-likeness (QED) is 0.683. The van der Waals surface area contributed by atoms with E-state index in [1.807, 2.05) is 0 Å². The number of fused-ring (bicyclic) bond motifs is 2. The molecule has 2 N–H and O–H groups in total. The Labute approximate surface area is 75.1 Å². The summed E-state index contributed by atoms with van der Waals surface area (Å²) in [6.45, 7) is 6.11. The van der Waals surface area contributed by atoms with Crippen LogP contribution in [0.15, 0.2) is 0 Å². The lowest BCUT2D eigenvalue weighted by molar-refractivity contribution is 0.00243. The molecule has 0 spiro atoms. The molecule has 0 unspecified atom stereocenters. The largest absolute Gasteiger partial charge is 0.327 e. The van der Waals surface area contributed by atoms with Crippen LogP contribution in [0.1, 0.15) is 26.2 Å². The van der Waals surface area contributed by atoms with Gasteiger partial charge in [0.1, 0.15) is 0 Å². The third kappa shape index (κ3) is 1.38. The molecule has 2 bridgehead atoms. The molecule has 0 aromatic carbocycles. The molecule has 1 saturated carbocycles. The molecule has 3 fully saturated rings. The van der Waals surface area contributed by atoms with Crippen molar-refractivity contribution in [3.05, 3.63) is 0 Å². The summed E-state index contributed by atoms with van der Waals surface area (Å²) in [6, 6.07) is 0.544. The van der Waals surface area contributed by atoms with Gasteiger partial charge in [-0.2, -0.15) is 0 Å². The number of unbranched alkanes of at least 4 members (excludes halogenated alkanes) is 1. The highest BCUT2D eigenvalue weighted by Crippen LogP contribution is 2.38. The highest BCUT2D eigenvalue weighted by Gasteiger charge is 2.43. The molecule has 0 aromatic heterocycles. The summed E-state index contributed by atoms with van der Waals surface area (Å²) in [5.74, 6) is 1.67. The van der Waals surface area contributed by atoms with Crippen molar-refractivity contribution in [3.63, 3.8) is 0 Å². The van der Waals surface area contributed by atoms with E-state index in [-0.39, 0.29) is 0 Å². The lowest BCUT2D eigenvalue weighted by Gasteiger charge is -2.52. The monoisotopic (exact) mass is 168 g/mol. The molecule has 2 atom stereocenters. The van der Waals surface area contributed by atoms with E-state index in [9.17, 15) is 0 Å². The van der Waals surface area contributed by atoms with Crippen molar-refractivity contribution in [1.82, 2.24) is 4.90 Å². The third-order valence-electron chi connectivity index (χ3n) is 3.51. The van der Waals surface area contributed by atoms with Gasteiger partial charge in [-0.05, 0) is 31.2 Å². The maximum Gasteiger partial charge on any atom is 0.0120 e. The molecule has 2 saturated heterocycles. The molecule has 1 aliphatic carbocycles. The van der Waals surface area contributed by atoms with Crippen molar-refractivity contribution in [3.8, 4) is 0 Å². The molecule has 0 amide bonds. The average Bonchev–Trinajstić information content (AvgIpc) is 2.14. The van der Waals surface area contributed by atoms with E-state index in [2.05, 4.69) is 11.8 Å². The summed E-state index contributed by atoms with van der Waals surface area (Å²) in [5, 5.41) is 0. The smallest absolute Gasteiger partial charge is 0.0120 e. The van der Waals surface area contributed by atoms with Gasteiger partial charge in [0.05, 0.1) is 0 Å². The Kier molecular flexibility index (Phi) is 2.37. The molecule has 2 nitrogen and oxygen atoms in total. The first-order chi connectivity index (χ1) is 5.81. The second kappa shape index (κ2) is 3.35. The first kappa shape index (κ1) is 8.52. The topological polar surface area (TPSA) is 29.3 Å². The zero-order valence-electron chi connectivity index (χ0n) is 8.00. The highest BCUT2D eigenvalue weighted by molar-refractivity contribution is 4.99. The molecule has 12 heavy (non-hydrogen) atoms. The van der Waals surface area contributed by atoms with Gasteiger partial charge in [0.25, 0.3) is 0 Å². The fraction of sp³-hybridized carbons (Fsp3) is 1.00. The first-order valence-electron chi connectivity index (χ1n) is 5.29. The Morgan fingerprint density at radius 2 is 2.00 bits per heavy atom. The standard InChI is InChI=1S/C10H20N2/c1-2-3-4-12-6-8-5-9(7-12)10(8)11/h8-10H,2-7,11H2,1H3/t8-,9-/m0/s1. The van der Waals surface area contributed by atoms with E-state index in [0.29, 0.717) is 6.04 Å². The Bertz CT molecular complexity index is 146. The summed E-state index contributed by atoms with van der Waals surface area (Å²) in [7, 11) is 0. The Balaban J connectivity index is 1.75.